The molecule has 0 radical (unpaired) electrons. The van der Waals surface area contributed by atoms with Crippen LogP contribution in [0.2, 0.25) is 5.02 Å². The molecular formula is C27H24ClN3O6. The van der Waals surface area contributed by atoms with E-state index in [1.807, 2.05) is 44.2 Å². The summed E-state index contributed by atoms with van der Waals surface area (Å²) in [5.41, 5.74) is 2.03. The maximum absolute atomic E-state index is 12.8. The van der Waals surface area contributed by atoms with E-state index in [4.69, 9.17) is 25.8 Å². The van der Waals surface area contributed by atoms with Crippen molar-refractivity contribution in [2.24, 2.45) is 0 Å². The Labute approximate surface area is 219 Å². The lowest BCUT2D eigenvalue weighted by Crippen LogP contribution is -2.14. The third kappa shape index (κ3) is 6.78. The summed E-state index contributed by atoms with van der Waals surface area (Å²) in [5, 5.41) is 23.5. The highest BCUT2D eigenvalue weighted by Gasteiger charge is 2.18. The number of aryl methyl sites for hydroxylation is 1. The predicted octanol–water partition coefficient (Wildman–Crippen LogP) is 6.09. The zero-order valence-corrected chi connectivity index (χ0v) is 21.2. The summed E-state index contributed by atoms with van der Waals surface area (Å²) >= 11 is 6.50. The molecule has 0 aliphatic rings. The molecule has 0 saturated carbocycles. The molecule has 3 aromatic carbocycles. The van der Waals surface area contributed by atoms with Crippen LogP contribution in [0.4, 0.5) is 11.4 Å². The van der Waals surface area contributed by atoms with Crippen LogP contribution in [-0.4, -0.2) is 24.5 Å². The number of benzene rings is 3. The molecule has 3 aromatic rings. The van der Waals surface area contributed by atoms with Gasteiger partial charge < -0.3 is 19.5 Å². The average Bonchev–Trinajstić information content (AvgIpc) is 2.87. The fourth-order valence-corrected chi connectivity index (χ4v) is 3.68. The topological polar surface area (TPSA) is 124 Å². The first-order chi connectivity index (χ1) is 17.8. The number of rotatable bonds is 10. The largest absolute Gasteiger partial charge is 0.495 e. The summed E-state index contributed by atoms with van der Waals surface area (Å²) in [6.07, 6.45) is 1.33. The summed E-state index contributed by atoms with van der Waals surface area (Å²) < 4.78 is 16.8. The van der Waals surface area contributed by atoms with Crippen LogP contribution < -0.4 is 19.5 Å². The lowest BCUT2D eigenvalue weighted by molar-refractivity contribution is -0.384. The van der Waals surface area contributed by atoms with Crippen LogP contribution in [0.5, 0.6) is 17.2 Å². The quantitative estimate of drug-likeness (QED) is 0.148. The molecule has 0 aromatic heterocycles. The van der Waals surface area contributed by atoms with Gasteiger partial charge in [0.25, 0.3) is 11.6 Å². The van der Waals surface area contributed by atoms with E-state index in [9.17, 15) is 20.2 Å². The summed E-state index contributed by atoms with van der Waals surface area (Å²) in [4.78, 5) is 23.3. The number of nitrogens with zero attached hydrogens (tertiary/aromatic N) is 2. The van der Waals surface area contributed by atoms with Gasteiger partial charge in [0.15, 0.2) is 11.5 Å². The van der Waals surface area contributed by atoms with Crippen LogP contribution in [-0.2, 0) is 11.4 Å². The number of halogens is 1. The minimum atomic E-state index is -0.782. The average molecular weight is 522 g/mol. The van der Waals surface area contributed by atoms with Gasteiger partial charge in [0.05, 0.1) is 29.4 Å². The van der Waals surface area contributed by atoms with Crippen molar-refractivity contribution < 1.29 is 23.9 Å². The van der Waals surface area contributed by atoms with Crippen molar-refractivity contribution in [1.82, 2.24) is 0 Å². The fraction of sp³-hybridized carbons (Fsp3) is 0.185. The van der Waals surface area contributed by atoms with Gasteiger partial charge in [0, 0.05) is 12.1 Å². The number of non-ortho nitro benzene ring substituents is 1. The van der Waals surface area contributed by atoms with Crippen molar-refractivity contribution >= 4 is 35.0 Å². The first-order valence-corrected chi connectivity index (χ1v) is 11.5. The van der Waals surface area contributed by atoms with Crippen LogP contribution >= 0.6 is 11.6 Å². The Kier molecular flexibility index (Phi) is 9.08. The summed E-state index contributed by atoms with van der Waals surface area (Å²) in [6.45, 7) is 4.40. The summed E-state index contributed by atoms with van der Waals surface area (Å²) in [5.74, 6) is 0.115. The third-order valence-electron chi connectivity index (χ3n) is 5.28. The van der Waals surface area contributed by atoms with Gasteiger partial charge in [-0.3, -0.25) is 14.9 Å². The number of carbonyl (C=O) groups excluding carboxylic acids is 1. The normalized spacial score (nSPS) is 10.8. The molecule has 0 unspecified atom stereocenters. The van der Waals surface area contributed by atoms with Crippen LogP contribution in [0.15, 0.2) is 60.2 Å². The molecule has 0 aliphatic carbocycles. The van der Waals surface area contributed by atoms with E-state index in [1.165, 1.54) is 25.3 Å². The molecular weight excluding hydrogens is 498 g/mol. The molecule has 0 spiro atoms. The molecule has 1 N–H and O–H groups in total. The highest BCUT2D eigenvalue weighted by atomic mass is 35.5. The van der Waals surface area contributed by atoms with Crippen LogP contribution in [0.3, 0.4) is 0 Å². The smallest absolute Gasteiger partial charge is 0.271 e. The number of methoxy groups -OCH3 is 1. The van der Waals surface area contributed by atoms with Gasteiger partial charge in [-0.05, 0) is 54.8 Å². The van der Waals surface area contributed by atoms with Crippen molar-refractivity contribution in [2.75, 3.05) is 19.0 Å². The van der Waals surface area contributed by atoms with Crippen molar-refractivity contribution in [3.05, 3.63) is 92.0 Å². The number of anilines is 1. The van der Waals surface area contributed by atoms with Gasteiger partial charge in [-0.15, -0.1) is 0 Å². The van der Waals surface area contributed by atoms with Gasteiger partial charge in [-0.25, -0.2) is 0 Å². The number of carbonyl (C=O) groups is 1. The lowest BCUT2D eigenvalue weighted by atomic mass is 10.1. The fourth-order valence-electron chi connectivity index (χ4n) is 3.41. The van der Waals surface area contributed by atoms with Crippen molar-refractivity contribution in [2.45, 2.75) is 20.5 Å². The van der Waals surface area contributed by atoms with Crippen LogP contribution in [0, 0.1) is 28.4 Å². The van der Waals surface area contributed by atoms with Gasteiger partial charge >= 0.3 is 0 Å². The second kappa shape index (κ2) is 12.4. The molecule has 0 fully saturated rings. The Balaban J connectivity index is 1.89. The monoisotopic (exact) mass is 521 g/mol. The Morgan fingerprint density at radius 3 is 2.57 bits per heavy atom. The van der Waals surface area contributed by atoms with E-state index in [-0.39, 0.29) is 34.3 Å². The first kappa shape index (κ1) is 27.0. The second-order valence-corrected chi connectivity index (χ2v) is 8.15. The standard InChI is InChI=1S/C27H24ClN3O6/c1-4-36-25-13-18(12-22(28)26(25)37-16-19-8-6-5-7-17(19)2)11-20(15-29)27(32)30-23-14-21(31(33)34)9-10-24(23)35-3/h5-14H,4,16H2,1-3H3,(H,30,32)/b20-11+. The van der Waals surface area contributed by atoms with Gasteiger partial charge in [0.2, 0.25) is 0 Å². The van der Waals surface area contributed by atoms with E-state index >= 15 is 0 Å². The highest BCUT2D eigenvalue weighted by molar-refractivity contribution is 6.32. The van der Waals surface area contributed by atoms with Crippen molar-refractivity contribution in [3.8, 4) is 23.3 Å². The maximum Gasteiger partial charge on any atom is 0.271 e. The lowest BCUT2D eigenvalue weighted by Gasteiger charge is -2.15. The molecule has 10 heteroatoms. The summed E-state index contributed by atoms with van der Waals surface area (Å²) in [6, 6.07) is 16.6. The molecule has 0 bridgehead atoms. The van der Waals surface area contributed by atoms with E-state index in [0.29, 0.717) is 23.7 Å². The van der Waals surface area contributed by atoms with Gasteiger partial charge in [-0.2, -0.15) is 5.26 Å². The number of nitriles is 1. The number of nitrogens with one attached hydrogen (secondary N) is 1. The minimum absolute atomic E-state index is 0.0517. The zero-order valence-electron chi connectivity index (χ0n) is 20.4. The third-order valence-corrected chi connectivity index (χ3v) is 5.56. The Bertz CT molecular complexity index is 1400. The minimum Gasteiger partial charge on any atom is -0.495 e. The van der Waals surface area contributed by atoms with Gasteiger partial charge in [0.1, 0.15) is 24.0 Å². The van der Waals surface area contributed by atoms with E-state index in [2.05, 4.69) is 5.32 Å². The van der Waals surface area contributed by atoms with E-state index in [1.54, 1.807) is 12.1 Å². The number of hydrogen-bond donors (Lipinski definition) is 1. The predicted molar refractivity (Wildman–Crippen MR) is 140 cm³/mol. The second-order valence-electron chi connectivity index (χ2n) is 7.74. The number of nitro groups is 1. The molecule has 0 saturated heterocycles. The van der Waals surface area contributed by atoms with E-state index in [0.717, 1.165) is 17.2 Å². The maximum atomic E-state index is 12.8. The Hall–Kier alpha value is -4.55. The van der Waals surface area contributed by atoms with Gasteiger partial charge in [-0.1, -0.05) is 35.9 Å². The summed E-state index contributed by atoms with van der Waals surface area (Å²) in [7, 11) is 1.36. The Morgan fingerprint density at radius 1 is 1.16 bits per heavy atom. The molecule has 3 rings (SSSR count). The molecule has 1 amide bonds. The number of ether oxygens (including phenoxy) is 3. The van der Waals surface area contributed by atoms with Crippen molar-refractivity contribution in [1.29, 1.82) is 5.26 Å². The van der Waals surface area contributed by atoms with E-state index < -0.39 is 10.8 Å². The highest BCUT2D eigenvalue weighted by Crippen LogP contribution is 2.38. The molecule has 9 nitrogen and oxygen atoms in total. The number of hydrogen-bond acceptors (Lipinski definition) is 7. The zero-order chi connectivity index (χ0) is 26.9. The molecule has 190 valence electrons. The first-order valence-electron chi connectivity index (χ1n) is 11.2. The number of nitro benzene ring substituents is 1. The van der Waals surface area contributed by atoms with Crippen molar-refractivity contribution in [3.63, 3.8) is 0 Å². The number of amides is 1. The Morgan fingerprint density at radius 2 is 1.92 bits per heavy atom. The molecule has 37 heavy (non-hydrogen) atoms. The van der Waals surface area contributed by atoms with Crippen LogP contribution in [0.1, 0.15) is 23.6 Å². The SMILES string of the molecule is CCOc1cc(/C=C(\C#N)C(=O)Nc2cc([N+](=O)[O-])ccc2OC)cc(Cl)c1OCc1ccccc1C. The molecule has 0 atom stereocenters. The molecule has 0 aliphatic heterocycles. The van der Waals surface area contributed by atoms with Crippen LogP contribution in [0.25, 0.3) is 6.08 Å². The molecule has 0 heterocycles.